The summed E-state index contributed by atoms with van der Waals surface area (Å²) in [4.78, 5) is 4.07. The van der Waals surface area contributed by atoms with Crippen molar-refractivity contribution in [2.24, 2.45) is 5.73 Å². The number of benzene rings is 1. The van der Waals surface area contributed by atoms with Gasteiger partial charge in [0.1, 0.15) is 5.75 Å². The van der Waals surface area contributed by atoms with Crippen LogP contribution in [0.4, 0.5) is 0 Å². The minimum atomic E-state index is -0.0711. The van der Waals surface area contributed by atoms with Gasteiger partial charge in [0.15, 0.2) is 6.61 Å². The highest BCUT2D eigenvalue weighted by Crippen LogP contribution is 2.23. The van der Waals surface area contributed by atoms with Crippen LogP contribution in [-0.4, -0.2) is 10.1 Å². The Morgan fingerprint density at radius 1 is 1.41 bits per heavy atom. The van der Waals surface area contributed by atoms with Gasteiger partial charge in [-0.2, -0.15) is 4.98 Å². The van der Waals surface area contributed by atoms with Crippen molar-refractivity contribution in [1.82, 2.24) is 10.1 Å². The molecular formula is C12H15N3O2. The zero-order valence-corrected chi connectivity index (χ0v) is 9.88. The Bertz CT molecular complexity index is 494. The fourth-order valence-electron chi connectivity index (χ4n) is 1.53. The largest absolute Gasteiger partial charge is 0.485 e. The number of hydrogen-bond acceptors (Lipinski definition) is 5. The van der Waals surface area contributed by atoms with Crippen molar-refractivity contribution in [2.75, 3.05) is 0 Å². The molecule has 5 nitrogen and oxygen atoms in total. The molecule has 0 radical (unpaired) electrons. The second kappa shape index (κ2) is 4.97. The summed E-state index contributed by atoms with van der Waals surface area (Å²) < 4.78 is 10.5. The quantitative estimate of drug-likeness (QED) is 0.873. The van der Waals surface area contributed by atoms with E-state index >= 15 is 0 Å². The molecule has 1 aromatic heterocycles. The van der Waals surface area contributed by atoms with Gasteiger partial charge in [-0.25, -0.2) is 0 Å². The molecule has 0 saturated heterocycles. The van der Waals surface area contributed by atoms with E-state index in [0.717, 1.165) is 11.3 Å². The van der Waals surface area contributed by atoms with E-state index in [0.29, 0.717) is 11.7 Å². The highest BCUT2D eigenvalue weighted by Gasteiger charge is 2.09. The van der Waals surface area contributed by atoms with Crippen molar-refractivity contribution in [3.63, 3.8) is 0 Å². The molecule has 5 heteroatoms. The molecule has 2 N–H and O–H groups in total. The molecule has 1 heterocycles. The molecule has 0 fully saturated rings. The average Bonchev–Trinajstić information content (AvgIpc) is 2.73. The van der Waals surface area contributed by atoms with E-state index in [1.165, 1.54) is 0 Å². The number of nitrogens with two attached hydrogens (primary N) is 1. The summed E-state index contributed by atoms with van der Waals surface area (Å²) in [7, 11) is 0. The third kappa shape index (κ3) is 2.82. The van der Waals surface area contributed by atoms with Crippen LogP contribution < -0.4 is 10.5 Å². The molecule has 0 aliphatic carbocycles. The first-order valence-electron chi connectivity index (χ1n) is 5.43. The van der Waals surface area contributed by atoms with Crippen LogP contribution in [0.2, 0.25) is 0 Å². The van der Waals surface area contributed by atoms with Gasteiger partial charge in [0.25, 0.3) is 0 Å². The third-order valence-corrected chi connectivity index (χ3v) is 2.34. The molecule has 0 spiro atoms. The van der Waals surface area contributed by atoms with Crippen LogP contribution in [-0.2, 0) is 6.61 Å². The Kier molecular flexibility index (Phi) is 3.39. The number of rotatable bonds is 4. The summed E-state index contributed by atoms with van der Waals surface area (Å²) in [5.74, 6) is 1.82. The van der Waals surface area contributed by atoms with Gasteiger partial charge in [0.2, 0.25) is 11.7 Å². The van der Waals surface area contributed by atoms with Crippen LogP contribution in [0.3, 0.4) is 0 Å². The summed E-state index contributed by atoms with van der Waals surface area (Å²) in [5.41, 5.74) is 6.82. The van der Waals surface area contributed by atoms with Gasteiger partial charge < -0.3 is 15.0 Å². The van der Waals surface area contributed by atoms with Crippen LogP contribution in [0.25, 0.3) is 0 Å². The van der Waals surface area contributed by atoms with Crippen molar-refractivity contribution in [1.29, 1.82) is 0 Å². The van der Waals surface area contributed by atoms with E-state index in [4.69, 9.17) is 15.0 Å². The van der Waals surface area contributed by atoms with Crippen LogP contribution >= 0.6 is 0 Å². The lowest BCUT2D eigenvalue weighted by Gasteiger charge is -2.12. The van der Waals surface area contributed by atoms with E-state index < -0.39 is 0 Å². The lowest BCUT2D eigenvalue weighted by Crippen LogP contribution is -2.08. The molecule has 0 aliphatic heterocycles. The molecule has 2 rings (SSSR count). The predicted molar refractivity (Wildman–Crippen MR) is 62.4 cm³/mol. The van der Waals surface area contributed by atoms with Gasteiger partial charge in [-0.05, 0) is 13.0 Å². The molecule has 0 amide bonds. The third-order valence-electron chi connectivity index (χ3n) is 2.34. The van der Waals surface area contributed by atoms with Crippen LogP contribution in [0.5, 0.6) is 5.75 Å². The summed E-state index contributed by atoms with van der Waals surface area (Å²) in [6.45, 7) is 3.94. The van der Waals surface area contributed by atoms with Gasteiger partial charge in [0.05, 0.1) is 0 Å². The number of ether oxygens (including phenoxy) is 1. The van der Waals surface area contributed by atoms with E-state index in [-0.39, 0.29) is 12.6 Å². The summed E-state index contributed by atoms with van der Waals surface area (Å²) >= 11 is 0. The second-order valence-electron chi connectivity index (χ2n) is 3.84. The van der Waals surface area contributed by atoms with Crippen molar-refractivity contribution < 1.29 is 9.26 Å². The SMILES string of the molecule is Cc1nc(COc2ccccc2[C@H](C)N)no1. The van der Waals surface area contributed by atoms with E-state index in [9.17, 15) is 0 Å². The summed E-state index contributed by atoms with van der Waals surface area (Å²) in [6, 6.07) is 7.60. The minimum absolute atomic E-state index is 0.0711. The molecule has 0 bridgehead atoms. The van der Waals surface area contributed by atoms with Crippen molar-refractivity contribution in [3.8, 4) is 5.75 Å². The van der Waals surface area contributed by atoms with Crippen LogP contribution in [0, 0.1) is 6.92 Å². The van der Waals surface area contributed by atoms with Gasteiger partial charge >= 0.3 is 0 Å². The second-order valence-corrected chi connectivity index (χ2v) is 3.84. The van der Waals surface area contributed by atoms with Crippen LogP contribution in [0.1, 0.15) is 30.2 Å². The standard InChI is InChI=1S/C12H15N3O2/c1-8(13)10-5-3-4-6-11(10)16-7-12-14-9(2)17-15-12/h3-6,8H,7,13H2,1-2H3/t8-/m0/s1. The number of nitrogens with zero attached hydrogens (tertiary/aromatic N) is 2. The molecule has 90 valence electrons. The maximum absolute atomic E-state index is 5.86. The molecule has 0 saturated carbocycles. The number of aryl methyl sites for hydroxylation is 1. The zero-order chi connectivity index (χ0) is 12.3. The lowest BCUT2D eigenvalue weighted by molar-refractivity contribution is 0.282. The van der Waals surface area contributed by atoms with Gasteiger partial charge in [0, 0.05) is 18.5 Å². The topological polar surface area (TPSA) is 74.2 Å². The normalized spacial score (nSPS) is 12.4. The zero-order valence-electron chi connectivity index (χ0n) is 9.88. The smallest absolute Gasteiger partial charge is 0.223 e. The summed E-state index contributed by atoms with van der Waals surface area (Å²) in [6.07, 6.45) is 0. The number of para-hydroxylation sites is 1. The number of aromatic nitrogens is 2. The predicted octanol–water partition coefficient (Wildman–Crippen LogP) is 1.98. The fourth-order valence-corrected chi connectivity index (χ4v) is 1.53. The van der Waals surface area contributed by atoms with E-state index in [1.54, 1.807) is 6.92 Å². The first kappa shape index (κ1) is 11.6. The highest BCUT2D eigenvalue weighted by atomic mass is 16.5. The molecule has 0 unspecified atom stereocenters. The Labute approximate surface area is 99.6 Å². The molecule has 17 heavy (non-hydrogen) atoms. The Balaban J connectivity index is 2.08. The Morgan fingerprint density at radius 2 is 2.18 bits per heavy atom. The molecular weight excluding hydrogens is 218 g/mol. The van der Waals surface area contributed by atoms with Gasteiger partial charge in [-0.1, -0.05) is 23.4 Å². The molecule has 1 aromatic carbocycles. The molecule has 0 aliphatic rings. The molecule has 2 aromatic rings. The van der Waals surface area contributed by atoms with Gasteiger partial charge in [-0.3, -0.25) is 0 Å². The van der Waals surface area contributed by atoms with Crippen molar-refractivity contribution in [2.45, 2.75) is 26.5 Å². The lowest BCUT2D eigenvalue weighted by atomic mass is 10.1. The van der Waals surface area contributed by atoms with E-state index in [1.807, 2.05) is 31.2 Å². The minimum Gasteiger partial charge on any atom is -0.485 e. The summed E-state index contributed by atoms with van der Waals surface area (Å²) in [5, 5.41) is 3.76. The van der Waals surface area contributed by atoms with Crippen molar-refractivity contribution in [3.05, 3.63) is 41.5 Å². The van der Waals surface area contributed by atoms with Crippen molar-refractivity contribution >= 4 is 0 Å². The maximum Gasteiger partial charge on any atom is 0.223 e. The van der Waals surface area contributed by atoms with Gasteiger partial charge in [-0.15, -0.1) is 0 Å². The van der Waals surface area contributed by atoms with E-state index in [2.05, 4.69) is 10.1 Å². The first-order valence-corrected chi connectivity index (χ1v) is 5.43. The monoisotopic (exact) mass is 233 g/mol. The Morgan fingerprint density at radius 3 is 2.82 bits per heavy atom. The maximum atomic E-state index is 5.86. The molecule has 1 atom stereocenters. The fraction of sp³-hybridized carbons (Fsp3) is 0.333. The average molecular weight is 233 g/mol. The first-order chi connectivity index (χ1) is 8.16. The highest BCUT2D eigenvalue weighted by molar-refractivity contribution is 5.35. The number of hydrogen-bond donors (Lipinski definition) is 1. The Hall–Kier alpha value is -1.88. The van der Waals surface area contributed by atoms with Crippen LogP contribution in [0.15, 0.2) is 28.8 Å².